The fourth-order valence-electron chi connectivity index (χ4n) is 4.54. The van der Waals surface area contributed by atoms with Crippen LogP contribution in [0.15, 0.2) is 83.9 Å². The number of aryl methyl sites for hydroxylation is 2. The Labute approximate surface area is 213 Å². The van der Waals surface area contributed by atoms with Crippen LogP contribution in [0.25, 0.3) is 21.9 Å². The molecule has 0 aliphatic rings. The Balaban J connectivity index is 1.62. The molecule has 0 aliphatic carbocycles. The van der Waals surface area contributed by atoms with Crippen molar-refractivity contribution in [2.75, 3.05) is 11.1 Å². The normalized spacial score (nSPS) is 11.0. The molecule has 0 unspecified atom stereocenters. The number of nitrogens with two attached hydrogens (primary N) is 1. The molecule has 0 aliphatic heterocycles. The minimum Gasteiger partial charge on any atom is -0.803 e. The number of phenolic OH excluding ortho intramolecular Hbond substituents is 1. The van der Waals surface area contributed by atoms with Crippen LogP contribution < -0.4 is 16.6 Å². The van der Waals surface area contributed by atoms with Crippen LogP contribution in [0.3, 0.4) is 0 Å². The van der Waals surface area contributed by atoms with Crippen LogP contribution in [0.1, 0.15) is 27.9 Å². The number of aromatic hydroxyl groups is 1. The summed E-state index contributed by atoms with van der Waals surface area (Å²) < 4.78 is 1.71. The molecule has 0 spiro atoms. The van der Waals surface area contributed by atoms with Crippen LogP contribution in [0, 0.1) is 13.8 Å². The van der Waals surface area contributed by atoms with Crippen LogP contribution in [0.4, 0.5) is 11.6 Å². The van der Waals surface area contributed by atoms with Gasteiger partial charge in [-0.2, -0.15) is 0 Å². The van der Waals surface area contributed by atoms with Gasteiger partial charge in [0.1, 0.15) is 23.7 Å². The Morgan fingerprint density at radius 3 is 2.54 bits per heavy atom. The third-order valence-corrected chi connectivity index (χ3v) is 6.36. The maximum atomic E-state index is 13.8. The van der Waals surface area contributed by atoms with Crippen molar-refractivity contribution < 1.29 is 5.11 Å². The van der Waals surface area contributed by atoms with Gasteiger partial charge < -0.3 is 21.6 Å². The largest absolute Gasteiger partial charge is 0.803 e. The van der Waals surface area contributed by atoms with Crippen LogP contribution >= 0.6 is 0 Å². The molecule has 37 heavy (non-hydrogen) atoms. The summed E-state index contributed by atoms with van der Waals surface area (Å²) in [5, 5.41) is 25.6. The maximum absolute atomic E-state index is 13.8. The molecule has 0 amide bonds. The van der Waals surface area contributed by atoms with E-state index in [-0.39, 0.29) is 34.9 Å². The first-order valence-corrected chi connectivity index (χ1v) is 11.8. The van der Waals surface area contributed by atoms with E-state index in [1.165, 1.54) is 18.5 Å². The molecule has 0 radical (unpaired) electrons. The average Bonchev–Trinajstić information content (AvgIpc) is 2.88. The molecule has 0 atom stereocenters. The summed E-state index contributed by atoms with van der Waals surface area (Å²) >= 11 is 0. The number of phenols is 1. The maximum Gasteiger partial charge on any atom is 0.263 e. The minimum atomic E-state index is -0.179. The van der Waals surface area contributed by atoms with Crippen molar-refractivity contribution in [3.05, 3.63) is 123 Å². The third-order valence-electron chi connectivity index (χ3n) is 6.36. The number of para-hydroxylation sites is 1. The quantitative estimate of drug-likeness (QED) is 0.297. The second kappa shape index (κ2) is 9.58. The summed E-state index contributed by atoms with van der Waals surface area (Å²) in [5.74, 6) is 0.368. The minimum absolute atomic E-state index is 0.00249. The summed E-state index contributed by atoms with van der Waals surface area (Å²) in [6.07, 6.45) is 1.30. The molecule has 5 rings (SSSR count). The topological polar surface area (TPSA) is 128 Å². The highest BCUT2D eigenvalue weighted by Crippen LogP contribution is 2.25. The molecule has 184 valence electrons. The lowest BCUT2D eigenvalue weighted by Gasteiger charge is -2.21. The number of pyridine rings is 1. The van der Waals surface area contributed by atoms with Crippen molar-refractivity contribution >= 4 is 28.1 Å². The van der Waals surface area contributed by atoms with Crippen molar-refractivity contribution in [3.63, 3.8) is 0 Å². The highest BCUT2D eigenvalue weighted by molar-refractivity contribution is 6.19. The number of nitrogens with one attached hydrogen (secondary N) is 1. The van der Waals surface area contributed by atoms with Crippen LogP contribution in [0.2, 0.25) is 0 Å². The Morgan fingerprint density at radius 1 is 1.00 bits per heavy atom. The molecular formula is C29H25N6O2-. The number of hydrogen-bond donors (Lipinski definition) is 3. The molecule has 5 aromatic rings. The van der Waals surface area contributed by atoms with Gasteiger partial charge in [-0.25, -0.2) is 9.97 Å². The molecule has 8 heteroatoms. The summed E-state index contributed by atoms with van der Waals surface area (Å²) in [6, 6.07) is 21.7. The third kappa shape index (κ3) is 4.40. The zero-order valence-electron chi connectivity index (χ0n) is 20.4. The lowest BCUT2D eigenvalue weighted by molar-refractivity contribution is 0.475. The number of hydrogen-bond acceptors (Lipinski definition) is 6. The molecule has 0 fully saturated rings. The van der Waals surface area contributed by atoms with Crippen LogP contribution in [-0.4, -0.2) is 25.4 Å². The first-order chi connectivity index (χ1) is 17.8. The van der Waals surface area contributed by atoms with E-state index >= 15 is 0 Å². The molecular weight excluding hydrogens is 464 g/mol. The molecule has 0 bridgehead atoms. The number of nitrogen functional groups attached to an aromatic ring is 1. The molecule has 0 saturated heterocycles. The average molecular weight is 490 g/mol. The summed E-state index contributed by atoms with van der Waals surface area (Å²) in [5.41, 5.74) is 9.76. The Hall–Kier alpha value is -4.98. The van der Waals surface area contributed by atoms with Crippen molar-refractivity contribution in [1.29, 1.82) is 0 Å². The molecule has 4 N–H and O–H groups in total. The lowest BCUT2D eigenvalue weighted by atomic mass is 10.0. The first kappa shape index (κ1) is 23.7. The Bertz CT molecular complexity index is 1720. The van der Waals surface area contributed by atoms with Gasteiger partial charge in [-0.1, -0.05) is 48.5 Å². The predicted molar refractivity (Wildman–Crippen MR) is 147 cm³/mol. The second-order valence-electron chi connectivity index (χ2n) is 8.84. The van der Waals surface area contributed by atoms with Gasteiger partial charge in [-0.15, -0.1) is 5.71 Å². The van der Waals surface area contributed by atoms with Crippen molar-refractivity contribution in [1.82, 2.24) is 14.5 Å². The second-order valence-corrected chi connectivity index (χ2v) is 8.84. The number of anilines is 2. The van der Waals surface area contributed by atoms with Crippen LogP contribution in [0.5, 0.6) is 5.75 Å². The molecule has 2 aromatic heterocycles. The number of nitrogens with zero attached hydrogens (tertiary/aromatic N) is 4. The number of rotatable bonds is 6. The van der Waals surface area contributed by atoms with Gasteiger partial charge in [0.05, 0.1) is 17.6 Å². The molecule has 0 saturated carbocycles. The summed E-state index contributed by atoms with van der Waals surface area (Å²) in [4.78, 5) is 22.1. The molecule has 8 nitrogen and oxygen atoms in total. The standard InChI is InChI=1S/C29H25N6O2/c1-17-7-3-4-12-23(17)35-21(13-19-9-5-8-18(2)24(19)29(35)37)15-32-28-25(27(31)33-16-34-28)26(30)20-10-6-11-22(36)14-20/h3-14,16,36H,15H2,1-2H3,(H3,31,32,33,34)/q-1. The van der Waals surface area contributed by atoms with E-state index in [0.717, 1.165) is 22.2 Å². The Kier molecular flexibility index (Phi) is 6.15. The highest BCUT2D eigenvalue weighted by atomic mass is 16.3. The molecule has 3 aromatic carbocycles. The van der Waals surface area contributed by atoms with E-state index in [1.54, 1.807) is 16.7 Å². The van der Waals surface area contributed by atoms with Gasteiger partial charge in [0.2, 0.25) is 0 Å². The van der Waals surface area contributed by atoms with Gasteiger partial charge in [0, 0.05) is 11.3 Å². The van der Waals surface area contributed by atoms with E-state index in [9.17, 15) is 15.3 Å². The zero-order valence-corrected chi connectivity index (χ0v) is 20.4. The highest BCUT2D eigenvalue weighted by Gasteiger charge is 2.16. The predicted octanol–water partition coefficient (Wildman–Crippen LogP) is 4.70. The van der Waals surface area contributed by atoms with Crippen LogP contribution in [-0.2, 0) is 6.54 Å². The number of fused-ring (bicyclic) bond motifs is 1. The van der Waals surface area contributed by atoms with E-state index in [4.69, 9.17) is 5.73 Å². The smallest absolute Gasteiger partial charge is 0.263 e. The van der Waals surface area contributed by atoms with Crippen molar-refractivity contribution in [2.45, 2.75) is 20.4 Å². The lowest BCUT2D eigenvalue weighted by Crippen LogP contribution is -2.25. The van der Waals surface area contributed by atoms with Gasteiger partial charge in [-0.3, -0.25) is 9.36 Å². The van der Waals surface area contributed by atoms with E-state index in [1.807, 2.05) is 62.4 Å². The van der Waals surface area contributed by atoms with Crippen molar-refractivity contribution in [2.24, 2.45) is 0 Å². The van der Waals surface area contributed by atoms with Gasteiger partial charge >= 0.3 is 0 Å². The number of benzene rings is 3. The van der Waals surface area contributed by atoms with E-state index in [0.29, 0.717) is 22.5 Å². The SMILES string of the molecule is Cc1ccccc1-n1c(CNc2ncnc(N)c2C(=[N-])c2cccc(O)c2)cc2cccc(C)c2c1=O. The molecule has 2 heterocycles. The van der Waals surface area contributed by atoms with Gasteiger partial charge in [-0.05, 0) is 60.2 Å². The van der Waals surface area contributed by atoms with E-state index < -0.39 is 0 Å². The Morgan fingerprint density at radius 2 is 1.76 bits per heavy atom. The summed E-state index contributed by atoms with van der Waals surface area (Å²) in [6.45, 7) is 4.11. The fraction of sp³-hybridized carbons (Fsp3) is 0.103. The van der Waals surface area contributed by atoms with E-state index in [2.05, 4.69) is 15.3 Å². The van der Waals surface area contributed by atoms with Crippen molar-refractivity contribution in [3.8, 4) is 11.4 Å². The number of aromatic nitrogens is 3. The first-order valence-electron chi connectivity index (χ1n) is 11.8. The zero-order chi connectivity index (χ0) is 26.1. The van der Waals surface area contributed by atoms with Gasteiger partial charge in [0.15, 0.2) is 0 Å². The summed E-state index contributed by atoms with van der Waals surface area (Å²) in [7, 11) is 0. The van der Waals surface area contributed by atoms with Gasteiger partial charge in [0.25, 0.3) is 5.56 Å². The fourth-order valence-corrected chi connectivity index (χ4v) is 4.54. The monoisotopic (exact) mass is 489 g/mol.